The van der Waals surface area contributed by atoms with Crippen LogP contribution in [-0.4, -0.2) is 45.7 Å². The van der Waals surface area contributed by atoms with Crippen LogP contribution in [0, 0.1) is 6.92 Å². The number of hydrogen-bond donors (Lipinski definition) is 2. The van der Waals surface area contributed by atoms with Crippen molar-refractivity contribution >= 4 is 28.6 Å². The number of amides is 2. The fraction of sp³-hybridized carbons (Fsp3) is 0.524. The molecule has 1 aliphatic rings. The average Bonchev–Trinajstić information content (AvgIpc) is 2.87. The summed E-state index contributed by atoms with van der Waals surface area (Å²) >= 11 is 0. The molecule has 1 aromatic heterocycles. The second kappa shape index (κ2) is 7.13. The highest BCUT2D eigenvalue weighted by Crippen LogP contribution is 2.26. The van der Waals surface area contributed by atoms with Crippen molar-refractivity contribution in [2.45, 2.75) is 51.7 Å². The van der Waals surface area contributed by atoms with E-state index in [2.05, 4.69) is 16.0 Å². The van der Waals surface area contributed by atoms with E-state index in [9.17, 15) is 9.59 Å². The molecule has 28 heavy (non-hydrogen) atoms. The number of anilines is 1. The largest absolute Gasteiger partial charge is 0.444 e. The van der Waals surface area contributed by atoms with Gasteiger partial charge in [-0.15, -0.1) is 0 Å². The van der Waals surface area contributed by atoms with Gasteiger partial charge < -0.3 is 25.3 Å². The summed E-state index contributed by atoms with van der Waals surface area (Å²) in [5.41, 5.74) is 7.84. The Kier molecular flexibility index (Phi) is 5.14. The molecule has 2 heterocycles. The Hall–Kier alpha value is -2.54. The lowest BCUT2D eigenvalue weighted by atomic mass is 9.87. The van der Waals surface area contributed by atoms with Gasteiger partial charge in [0, 0.05) is 42.4 Å². The SMILES string of the molecule is Cc1cc2cc(NC(=O)C3(N)CCN(C(=O)OC(C)(C)C)CC3)ccc2n1C. The van der Waals surface area contributed by atoms with Gasteiger partial charge in [-0.05, 0) is 64.8 Å². The van der Waals surface area contributed by atoms with E-state index in [1.165, 1.54) is 0 Å². The van der Waals surface area contributed by atoms with E-state index in [1.54, 1.807) is 4.90 Å². The zero-order valence-electron chi connectivity index (χ0n) is 17.3. The third-order valence-corrected chi connectivity index (χ3v) is 5.30. The van der Waals surface area contributed by atoms with E-state index in [4.69, 9.17) is 10.5 Å². The van der Waals surface area contributed by atoms with Crippen LogP contribution in [0.2, 0.25) is 0 Å². The summed E-state index contributed by atoms with van der Waals surface area (Å²) in [4.78, 5) is 26.6. The van der Waals surface area contributed by atoms with Gasteiger partial charge in [-0.3, -0.25) is 4.79 Å². The Bertz CT molecular complexity index is 902. The van der Waals surface area contributed by atoms with E-state index in [0.29, 0.717) is 25.9 Å². The Morgan fingerprint density at radius 3 is 2.43 bits per heavy atom. The topological polar surface area (TPSA) is 89.6 Å². The Balaban J connectivity index is 1.64. The van der Waals surface area contributed by atoms with Crippen LogP contribution in [0.15, 0.2) is 24.3 Å². The molecule has 0 spiro atoms. The second-order valence-electron chi connectivity index (χ2n) is 8.70. The number of hydrogen-bond acceptors (Lipinski definition) is 4. The highest BCUT2D eigenvalue weighted by Gasteiger charge is 2.39. The minimum Gasteiger partial charge on any atom is -0.444 e. The maximum absolute atomic E-state index is 12.8. The number of likely N-dealkylation sites (tertiary alicyclic amines) is 1. The van der Waals surface area contributed by atoms with Gasteiger partial charge in [0.15, 0.2) is 0 Å². The van der Waals surface area contributed by atoms with E-state index >= 15 is 0 Å². The summed E-state index contributed by atoms with van der Waals surface area (Å²) in [6.07, 6.45) is 0.426. The average molecular weight is 386 g/mol. The van der Waals surface area contributed by atoms with Gasteiger partial charge in [-0.1, -0.05) is 0 Å². The first-order valence-electron chi connectivity index (χ1n) is 9.63. The molecule has 1 aromatic carbocycles. The lowest BCUT2D eigenvalue weighted by molar-refractivity contribution is -0.122. The smallest absolute Gasteiger partial charge is 0.410 e. The molecule has 7 nitrogen and oxygen atoms in total. The molecule has 1 aliphatic heterocycles. The van der Waals surface area contributed by atoms with Crippen LogP contribution in [0.1, 0.15) is 39.3 Å². The van der Waals surface area contributed by atoms with E-state index in [1.807, 2.05) is 52.9 Å². The fourth-order valence-electron chi connectivity index (χ4n) is 3.46. The predicted molar refractivity (Wildman–Crippen MR) is 110 cm³/mol. The lowest BCUT2D eigenvalue weighted by Crippen LogP contribution is -2.58. The van der Waals surface area contributed by atoms with Crippen LogP contribution in [-0.2, 0) is 16.6 Å². The Morgan fingerprint density at radius 1 is 1.18 bits per heavy atom. The minimum absolute atomic E-state index is 0.219. The number of benzene rings is 1. The maximum atomic E-state index is 12.8. The number of aromatic nitrogens is 1. The zero-order chi connectivity index (χ0) is 20.7. The van der Waals surface area contributed by atoms with E-state index < -0.39 is 11.1 Å². The van der Waals surface area contributed by atoms with Gasteiger partial charge in [0.1, 0.15) is 5.60 Å². The molecule has 0 unspecified atom stereocenters. The first kappa shape index (κ1) is 20.2. The Labute approximate surface area is 165 Å². The van der Waals surface area contributed by atoms with Crippen molar-refractivity contribution in [3.63, 3.8) is 0 Å². The highest BCUT2D eigenvalue weighted by molar-refractivity contribution is 5.99. The molecule has 1 saturated heterocycles. The summed E-state index contributed by atoms with van der Waals surface area (Å²) < 4.78 is 7.51. The van der Waals surface area contributed by atoms with Crippen LogP contribution in [0.4, 0.5) is 10.5 Å². The molecular formula is C21H30N4O3. The number of rotatable bonds is 2. The van der Waals surface area contributed by atoms with Crippen LogP contribution in [0.5, 0.6) is 0 Å². The van der Waals surface area contributed by atoms with Gasteiger partial charge in [0.05, 0.1) is 5.54 Å². The molecule has 152 valence electrons. The number of carbonyl (C=O) groups is 2. The molecule has 3 rings (SSSR count). The van der Waals surface area contributed by atoms with Crippen molar-refractivity contribution in [1.82, 2.24) is 9.47 Å². The van der Waals surface area contributed by atoms with Crippen LogP contribution < -0.4 is 11.1 Å². The van der Waals surface area contributed by atoms with Crippen molar-refractivity contribution in [3.05, 3.63) is 30.0 Å². The summed E-state index contributed by atoms with van der Waals surface area (Å²) in [7, 11) is 2.02. The first-order valence-corrected chi connectivity index (χ1v) is 9.63. The van der Waals surface area contributed by atoms with Gasteiger partial charge in [-0.25, -0.2) is 4.79 Å². The molecule has 0 aliphatic carbocycles. The third kappa shape index (κ3) is 4.14. The van der Waals surface area contributed by atoms with E-state index in [0.717, 1.165) is 22.3 Å². The van der Waals surface area contributed by atoms with Gasteiger partial charge in [0.2, 0.25) is 5.91 Å². The summed E-state index contributed by atoms with van der Waals surface area (Å²) in [5, 5.41) is 4.02. The minimum atomic E-state index is -1.000. The summed E-state index contributed by atoms with van der Waals surface area (Å²) in [5.74, 6) is -0.219. The standard InChI is InChI=1S/C21H30N4O3/c1-14-12-15-13-16(6-7-17(15)24(14)5)23-18(26)21(22)8-10-25(11-9-21)19(27)28-20(2,3)4/h6-7,12-13H,8-11,22H2,1-5H3,(H,23,26). The number of nitrogens with one attached hydrogen (secondary N) is 1. The number of nitrogens with zero attached hydrogens (tertiary/aromatic N) is 2. The van der Waals surface area contributed by atoms with Gasteiger partial charge in [0.25, 0.3) is 0 Å². The molecular weight excluding hydrogens is 356 g/mol. The summed E-state index contributed by atoms with van der Waals surface area (Å²) in [6.45, 7) is 8.35. The third-order valence-electron chi connectivity index (χ3n) is 5.30. The van der Waals surface area contributed by atoms with Crippen LogP contribution >= 0.6 is 0 Å². The van der Waals surface area contributed by atoms with Crippen LogP contribution in [0.25, 0.3) is 10.9 Å². The van der Waals surface area contributed by atoms with Crippen molar-refractivity contribution < 1.29 is 14.3 Å². The highest BCUT2D eigenvalue weighted by atomic mass is 16.6. The second-order valence-corrected chi connectivity index (χ2v) is 8.70. The molecule has 0 atom stereocenters. The molecule has 2 amide bonds. The molecule has 7 heteroatoms. The van der Waals surface area contributed by atoms with Crippen molar-refractivity contribution in [2.24, 2.45) is 12.8 Å². The predicted octanol–water partition coefficient (Wildman–Crippen LogP) is 3.15. The number of aryl methyl sites for hydroxylation is 2. The monoisotopic (exact) mass is 386 g/mol. The Morgan fingerprint density at radius 2 is 1.82 bits per heavy atom. The maximum Gasteiger partial charge on any atom is 0.410 e. The number of fused-ring (bicyclic) bond motifs is 1. The van der Waals surface area contributed by atoms with Gasteiger partial charge in [-0.2, -0.15) is 0 Å². The van der Waals surface area contributed by atoms with Crippen molar-refractivity contribution in [3.8, 4) is 0 Å². The van der Waals surface area contributed by atoms with Crippen LogP contribution in [0.3, 0.4) is 0 Å². The van der Waals surface area contributed by atoms with Gasteiger partial charge >= 0.3 is 6.09 Å². The number of piperidine rings is 1. The zero-order valence-corrected chi connectivity index (χ0v) is 17.3. The fourth-order valence-corrected chi connectivity index (χ4v) is 3.46. The van der Waals surface area contributed by atoms with E-state index in [-0.39, 0.29) is 12.0 Å². The van der Waals surface area contributed by atoms with Crippen molar-refractivity contribution in [1.29, 1.82) is 0 Å². The van der Waals surface area contributed by atoms with Crippen molar-refractivity contribution in [2.75, 3.05) is 18.4 Å². The number of carbonyl (C=O) groups excluding carboxylic acids is 2. The molecule has 2 aromatic rings. The molecule has 0 bridgehead atoms. The first-order chi connectivity index (χ1) is 13.0. The number of ether oxygens (including phenoxy) is 1. The molecule has 3 N–H and O–H groups in total. The normalized spacial score (nSPS) is 16.9. The molecule has 1 fully saturated rings. The molecule has 0 radical (unpaired) electrons. The number of nitrogens with two attached hydrogens (primary N) is 1. The lowest BCUT2D eigenvalue weighted by Gasteiger charge is -2.38. The molecule has 0 saturated carbocycles. The summed E-state index contributed by atoms with van der Waals surface area (Å²) in [6, 6.07) is 7.92. The quantitative estimate of drug-likeness (QED) is 0.830.